The molecule has 0 saturated heterocycles. The summed E-state index contributed by atoms with van der Waals surface area (Å²) in [5.41, 5.74) is 1.75. The molecular weight excluding hydrogens is 370 g/mol. The van der Waals surface area contributed by atoms with Gasteiger partial charge in [0, 0.05) is 13.1 Å². The molecule has 0 atom stereocenters. The van der Waals surface area contributed by atoms with Crippen molar-refractivity contribution < 1.29 is 27.8 Å². The van der Waals surface area contributed by atoms with E-state index in [1.165, 1.54) is 13.2 Å². The first-order valence-corrected chi connectivity index (χ1v) is 8.61. The molecule has 152 valence electrons. The van der Waals surface area contributed by atoms with E-state index in [1.54, 1.807) is 19.2 Å². The fourth-order valence-corrected chi connectivity index (χ4v) is 2.66. The third-order valence-corrected chi connectivity index (χ3v) is 3.93. The SMILES string of the molecule is COc1cccc(CN(C)CC(=O)NCc2ccc(OC(F)F)c(OC)c2)c1. The van der Waals surface area contributed by atoms with Crippen LogP contribution in [0.4, 0.5) is 8.78 Å². The summed E-state index contributed by atoms with van der Waals surface area (Å²) in [6.07, 6.45) is 0. The van der Waals surface area contributed by atoms with Crippen LogP contribution in [0.5, 0.6) is 17.2 Å². The molecule has 2 aromatic rings. The van der Waals surface area contributed by atoms with Gasteiger partial charge in [-0.3, -0.25) is 9.69 Å². The second-order valence-corrected chi connectivity index (χ2v) is 6.16. The van der Waals surface area contributed by atoms with E-state index in [0.717, 1.165) is 11.3 Å². The molecule has 0 bridgehead atoms. The molecule has 0 heterocycles. The van der Waals surface area contributed by atoms with Gasteiger partial charge in [-0.05, 0) is 42.4 Å². The Morgan fingerprint density at radius 1 is 1.07 bits per heavy atom. The Morgan fingerprint density at radius 2 is 1.86 bits per heavy atom. The molecule has 28 heavy (non-hydrogen) atoms. The average Bonchev–Trinajstić information content (AvgIpc) is 2.66. The van der Waals surface area contributed by atoms with E-state index >= 15 is 0 Å². The smallest absolute Gasteiger partial charge is 0.387 e. The molecule has 0 saturated carbocycles. The zero-order valence-corrected chi connectivity index (χ0v) is 16.1. The molecule has 0 aliphatic carbocycles. The van der Waals surface area contributed by atoms with Crippen molar-refractivity contribution in [3.8, 4) is 17.2 Å². The first kappa shape index (κ1) is 21.4. The lowest BCUT2D eigenvalue weighted by atomic mass is 10.2. The lowest BCUT2D eigenvalue weighted by Gasteiger charge is -2.17. The number of amides is 1. The van der Waals surface area contributed by atoms with Gasteiger partial charge in [0.15, 0.2) is 11.5 Å². The normalized spacial score (nSPS) is 10.8. The maximum atomic E-state index is 12.4. The second kappa shape index (κ2) is 10.5. The molecule has 0 radical (unpaired) electrons. The molecule has 0 spiro atoms. The van der Waals surface area contributed by atoms with Crippen molar-refractivity contribution >= 4 is 5.91 Å². The van der Waals surface area contributed by atoms with Gasteiger partial charge < -0.3 is 19.5 Å². The molecule has 0 fully saturated rings. The molecule has 0 aliphatic heterocycles. The van der Waals surface area contributed by atoms with Crippen LogP contribution in [0.2, 0.25) is 0 Å². The number of likely N-dealkylation sites (N-methyl/N-ethyl adjacent to an activating group) is 1. The second-order valence-electron chi connectivity index (χ2n) is 6.16. The van der Waals surface area contributed by atoms with E-state index in [4.69, 9.17) is 9.47 Å². The number of halogens is 2. The molecular formula is C20H24F2N2O4. The summed E-state index contributed by atoms with van der Waals surface area (Å²) in [7, 11) is 4.82. The van der Waals surface area contributed by atoms with Gasteiger partial charge in [0.25, 0.3) is 0 Å². The first-order chi connectivity index (χ1) is 13.4. The van der Waals surface area contributed by atoms with E-state index in [2.05, 4.69) is 10.1 Å². The number of alkyl halides is 2. The first-order valence-electron chi connectivity index (χ1n) is 8.61. The Labute approximate surface area is 163 Å². The Morgan fingerprint density at radius 3 is 2.54 bits per heavy atom. The highest BCUT2D eigenvalue weighted by molar-refractivity contribution is 5.78. The minimum atomic E-state index is -2.93. The predicted octanol–water partition coefficient (Wildman–Crippen LogP) is 3.05. The number of hydrogen-bond acceptors (Lipinski definition) is 5. The van der Waals surface area contributed by atoms with Gasteiger partial charge in [-0.15, -0.1) is 0 Å². The number of carbonyl (C=O) groups excluding carboxylic acids is 1. The predicted molar refractivity (Wildman–Crippen MR) is 101 cm³/mol. The van der Waals surface area contributed by atoms with Crippen LogP contribution in [-0.4, -0.2) is 45.2 Å². The Hall–Kier alpha value is -2.87. The maximum absolute atomic E-state index is 12.4. The fraction of sp³-hybridized carbons (Fsp3) is 0.350. The highest BCUT2D eigenvalue weighted by Gasteiger charge is 2.12. The number of ether oxygens (including phenoxy) is 3. The van der Waals surface area contributed by atoms with Crippen LogP contribution in [0.1, 0.15) is 11.1 Å². The minimum Gasteiger partial charge on any atom is -0.497 e. The average molecular weight is 394 g/mol. The van der Waals surface area contributed by atoms with Crippen molar-refractivity contribution in [1.29, 1.82) is 0 Å². The van der Waals surface area contributed by atoms with Gasteiger partial charge >= 0.3 is 6.61 Å². The van der Waals surface area contributed by atoms with Crippen molar-refractivity contribution in [3.63, 3.8) is 0 Å². The number of carbonyl (C=O) groups is 1. The van der Waals surface area contributed by atoms with Crippen LogP contribution < -0.4 is 19.5 Å². The van der Waals surface area contributed by atoms with Crippen LogP contribution in [-0.2, 0) is 17.9 Å². The summed E-state index contributed by atoms with van der Waals surface area (Å²) in [4.78, 5) is 14.1. The molecule has 2 rings (SSSR count). The monoisotopic (exact) mass is 394 g/mol. The van der Waals surface area contributed by atoms with Crippen LogP contribution in [0.25, 0.3) is 0 Å². The van der Waals surface area contributed by atoms with Gasteiger partial charge in [0.2, 0.25) is 5.91 Å². The van der Waals surface area contributed by atoms with E-state index in [9.17, 15) is 13.6 Å². The summed E-state index contributed by atoms with van der Waals surface area (Å²) in [6, 6.07) is 12.2. The van der Waals surface area contributed by atoms with E-state index in [-0.39, 0.29) is 30.5 Å². The highest BCUT2D eigenvalue weighted by Crippen LogP contribution is 2.29. The van der Waals surface area contributed by atoms with Crippen molar-refractivity contribution in [2.24, 2.45) is 0 Å². The summed E-state index contributed by atoms with van der Waals surface area (Å²) in [5, 5.41) is 2.80. The standard InChI is InChI=1S/C20H24F2N2O4/c1-24(12-15-5-4-6-16(9-15)26-2)13-19(25)23-11-14-7-8-17(28-20(21)22)18(10-14)27-3/h4-10,20H,11-13H2,1-3H3,(H,23,25). The van der Waals surface area contributed by atoms with Crippen LogP contribution >= 0.6 is 0 Å². The lowest BCUT2D eigenvalue weighted by molar-refractivity contribution is -0.122. The number of benzene rings is 2. The maximum Gasteiger partial charge on any atom is 0.387 e. The zero-order valence-electron chi connectivity index (χ0n) is 16.1. The van der Waals surface area contributed by atoms with Gasteiger partial charge in [-0.1, -0.05) is 18.2 Å². The van der Waals surface area contributed by atoms with Gasteiger partial charge in [-0.25, -0.2) is 0 Å². The highest BCUT2D eigenvalue weighted by atomic mass is 19.3. The molecule has 8 heteroatoms. The topological polar surface area (TPSA) is 60.0 Å². The Balaban J connectivity index is 1.85. The van der Waals surface area contributed by atoms with Crippen molar-refractivity contribution in [2.45, 2.75) is 19.7 Å². The molecule has 0 aliphatic rings. The summed E-state index contributed by atoms with van der Waals surface area (Å²) >= 11 is 0. The van der Waals surface area contributed by atoms with Crippen LogP contribution in [0.15, 0.2) is 42.5 Å². The quantitative estimate of drug-likeness (QED) is 0.671. The number of methoxy groups -OCH3 is 2. The van der Waals surface area contributed by atoms with Gasteiger partial charge in [0.1, 0.15) is 5.75 Å². The fourth-order valence-electron chi connectivity index (χ4n) is 2.66. The number of hydrogen-bond donors (Lipinski definition) is 1. The van der Waals surface area contributed by atoms with Crippen molar-refractivity contribution in [2.75, 3.05) is 27.8 Å². The molecule has 1 amide bonds. The summed E-state index contributed by atoms with van der Waals surface area (Å²) in [6.45, 7) is -1.88. The molecule has 2 aromatic carbocycles. The largest absolute Gasteiger partial charge is 0.497 e. The Bertz CT molecular complexity index is 787. The molecule has 6 nitrogen and oxygen atoms in total. The third kappa shape index (κ3) is 6.70. The molecule has 0 aromatic heterocycles. The van der Waals surface area contributed by atoms with Gasteiger partial charge in [-0.2, -0.15) is 8.78 Å². The minimum absolute atomic E-state index is 0.0504. The summed E-state index contributed by atoms with van der Waals surface area (Å²) in [5.74, 6) is 0.744. The van der Waals surface area contributed by atoms with E-state index < -0.39 is 6.61 Å². The molecule has 1 N–H and O–H groups in total. The van der Waals surface area contributed by atoms with E-state index in [0.29, 0.717) is 12.1 Å². The van der Waals surface area contributed by atoms with E-state index in [1.807, 2.05) is 36.2 Å². The third-order valence-electron chi connectivity index (χ3n) is 3.93. The number of rotatable bonds is 10. The number of nitrogens with zero attached hydrogens (tertiary/aromatic N) is 1. The Kier molecular flexibility index (Phi) is 8.01. The lowest BCUT2D eigenvalue weighted by Crippen LogP contribution is -2.34. The van der Waals surface area contributed by atoms with Crippen LogP contribution in [0.3, 0.4) is 0 Å². The zero-order chi connectivity index (χ0) is 20.5. The van der Waals surface area contributed by atoms with Crippen LogP contribution in [0, 0.1) is 0 Å². The van der Waals surface area contributed by atoms with Crippen molar-refractivity contribution in [3.05, 3.63) is 53.6 Å². The summed E-state index contributed by atoms with van der Waals surface area (Å²) < 4.78 is 39.4. The van der Waals surface area contributed by atoms with Crippen molar-refractivity contribution in [1.82, 2.24) is 10.2 Å². The molecule has 0 unspecified atom stereocenters. The van der Waals surface area contributed by atoms with Gasteiger partial charge in [0.05, 0.1) is 20.8 Å². The number of nitrogens with one attached hydrogen (secondary N) is 1.